The molecule has 0 spiro atoms. The molecule has 1 N–H and O–H groups in total. The van der Waals surface area contributed by atoms with Crippen molar-refractivity contribution in [1.82, 2.24) is 4.90 Å². The second kappa shape index (κ2) is 6.33. The number of halogens is 1. The van der Waals surface area contributed by atoms with E-state index in [0.29, 0.717) is 18.7 Å². The second-order valence-electron chi connectivity index (χ2n) is 5.24. The zero-order valence-electron chi connectivity index (χ0n) is 11.8. The van der Waals surface area contributed by atoms with Crippen LogP contribution in [0.2, 0.25) is 0 Å². The van der Waals surface area contributed by atoms with Gasteiger partial charge in [0.15, 0.2) is 0 Å². The molecule has 1 aromatic carbocycles. The minimum absolute atomic E-state index is 0.111. The van der Waals surface area contributed by atoms with E-state index in [0.717, 1.165) is 13.0 Å². The number of aromatic carboxylic acids is 1. The van der Waals surface area contributed by atoms with Gasteiger partial charge in [-0.05, 0) is 37.1 Å². The van der Waals surface area contributed by atoms with E-state index in [1.54, 1.807) is 0 Å². The van der Waals surface area contributed by atoms with Gasteiger partial charge in [-0.25, -0.2) is 9.18 Å². The first-order valence-corrected chi connectivity index (χ1v) is 6.88. The molecule has 0 aliphatic carbocycles. The third-order valence-corrected chi connectivity index (χ3v) is 3.72. The molecular weight excluding hydrogens is 261 g/mol. The van der Waals surface area contributed by atoms with Crippen LogP contribution in [0.25, 0.3) is 0 Å². The Bertz CT molecular complexity index is 492. The summed E-state index contributed by atoms with van der Waals surface area (Å²) in [5.41, 5.74) is 0.686. The van der Waals surface area contributed by atoms with Gasteiger partial charge in [0.1, 0.15) is 5.82 Å². The predicted molar refractivity (Wildman–Crippen MR) is 73.3 cm³/mol. The summed E-state index contributed by atoms with van der Waals surface area (Å²) in [5.74, 6) is -1.42. The maximum absolute atomic E-state index is 13.4. The minimum atomic E-state index is -1.02. The number of hydrogen-bond acceptors (Lipinski definition) is 3. The molecule has 20 heavy (non-hydrogen) atoms. The van der Waals surface area contributed by atoms with Crippen molar-refractivity contribution in [2.24, 2.45) is 0 Å². The number of carboxylic acid groups (broad SMARTS) is 1. The predicted octanol–water partition coefficient (Wildman–Crippen LogP) is 2.52. The van der Waals surface area contributed by atoms with Crippen LogP contribution in [0.1, 0.15) is 36.2 Å². The smallest absolute Gasteiger partial charge is 0.336 e. The Morgan fingerprint density at radius 2 is 2.30 bits per heavy atom. The molecule has 1 aliphatic heterocycles. The average molecular weight is 281 g/mol. The molecule has 2 unspecified atom stereocenters. The van der Waals surface area contributed by atoms with E-state index in [1.165, 1.54) is 18.2 Å². The summed E-state index contributed by atoms with van der Waals surface area (Å²) in [6, 6.07) is 4.08. The van der Waals surface area contributed by atoms with Gasteiger partial charge < -0.3 is 9.84 Å². The SMILES string of the molecule is CCC1COC(C)CN1Cc1cc(F)ccc1C(=O)O. The number of morpholine rings is 1. The Morgan fingerprint density at radius 3 is 2.95 bits per heavy atom. The van der Waals surface area contributed by atoms with E-state index < -0.39 is 11.8 Å². The van der Waals surface area contributed by atoms with Gasteiger partial charge in [-0.2, -0.15) is 0 Å². The minimum Gasteiger partial charge on any atom is -0.478 e. The van der Waals surface area contributed by atoms with E-state index in [2.05, 4.69) is 11.8 Å². The fraction of sp³-hybridized carbons (Fsp3) is 0.533. The summed E-state index contributed by atoms with van der Waals surface area (Å²) in [4.78, 5) is 13.4. The Morgan fingerprint density at radius 1 is 1.55 bits per heavy atom. The number of carbonyl (C=O) groups is 1. The van der Waals surface area contributed by atoms with Crippen molar-refractivity contribution in [2.45, 2.75) is 39.0 Å². The monoisotopic (exact) mass is 281 g/mol. The topological polar surface area (TPSA) is 49.8 Å². The van der Waals surface area contributed by atoms with E-state index in [4.69, 9.17) is 4.74 Å². The third-order valence-electron chi connectivity index (χ3n) is 3.72. The molecule has 0 saturated carbocycles. The molecular formula is C15H20FNO3. The molecule has 0 amide bonds. The molecule has 0 bridgehead atoms. The van der Waals surface area contributed by atoms with Crippen molar-refractivity contribution in [3.63, 3.8) is 0 Å². The summed E-state index contributed by atoms with van der Waals surface area (Å²) in [7, 11) is 0. The van der Waals surface area contributed by atoms with Crippen molar-refractivity contribution in [3.8, 4) is 0 Å². The van der Waals surface area contributed by atoms with Crippen LogP contribution in [0, 0.1) is 5.82 Å². The van der Waals surface area contributed by atoms with Crippen molar-refractivity contribution >= 4 is 5.97 Å². The lowest BCUT2D eigenvalue weighted by Gasteiger charge is -2.38. The Balaban J connectivity index is 2.23. The zero-order valence-corrected chi connectivity index (χ0v) is 11.8. The molecule has 1 heterocycles. The lowest BCUT2D eigenvalue weighted by Crippen LogP contribution is -2.48. The zero-order chi connectivity index (χ0) is 14.7. The highest BCUT2D eigenvalue weighted by atomic mass is 19.1. The van der Waals surface area contributed by atoms with Gasteiger partial charge in [-0.1, -0.05) is 6.92 Å². The van der Waals surface area contributed by atoms with Gasteiger partial charge in [0, 0.05) is 19.1 Å². The largest absolute Gasteiger partial charge is 0.478 e. The molecule has 5 heteroatoms. The van der Waals surface area contributed by atoms with Gasteiger partial charge in [0.05, 0.1) is 18.3 Å². The lowest BCUT2D eigenvalue weighted by molar-refractivity contribution is -0.0592. The first-order valence-electron chi connectivity index (χ1n) is 6.88. The number of carboxylic acids is 1. The fourth-order valence-electron chi connectivity index (χ4n) is 2.60. The number of nitrogens with zero attached hydrogens (tertiary/aromatic N) is 1. The van der Waals surface area contributed by atoms with Crippen LogP contribution in [-0.4, -0.2) is 41.3 Å². The van der Waals surface area contributed by atoms with Crippen LogP contribution in [0.15, 0.2) is 18.2 Å². The van der Waals surface area contributed by atoms with Gasteiger partial charge in [-0.3, -0.25) is 4.90 Å². The Kier molecular flexibility index (Phi) is 4.73. The normalized spacial score (nSPS) is 23.8. The average Bonchev–Trinajstić information content (AvgIpc) is 2.38. The third kappa shape index (κ3) is 3.35. The summed E-state index contributed by atoms with van der Waals surface area (Å²) < 4.78 is 19.0. The number of rotatable bonds is 4. The lowest BCUT2D eigenvalue weighted by atomic mass is 10.0. The van der Waals surface area contributed by atoms with E-state index >= 15 is 0 Å². The Labute approximate surface area is 118 Å². The van der Waals surface area contributed by atoms with E-state index in [9.17, 15) is 14.3 Å². The van der Waals surface area contributed by atoms with Gasteiger partial charge >= 0.3 is 5.97 Å². The molecule has 2 rings (SSSR count). The van der Waals surface area contributed by atoms with Gasteiger partial charge in [0.2, 0.25) is 0 Å². The van der Waals surface area contributed by atoms with E-state index in [1.807, 2.05) is 6.92 Å². The van der Waals surface area contributed by atoms with Crippen LogP contribution in [0.3, 0.4) is 0 Å². The number of hydrogen-bond donors (Lipinski definition) is 1. The van der Waals surface area contributed by atoms with Crippen molar-refractivity contribution < 1.29 is 19.0 Å². The van der Waals surface area contributed by atoms with E-state index in [-0.39, 0.29) is 17.7 Å². The Hall–Kier alpha value is -1.46. The molecule has 1 aromatic rings. The van der Waals surface area contributed by atoms with Crippen molar-refractivity contribution in [2.75, 3.05) is 13.2 Å². The quantitative estimate of drug-likeness (QED) is 0.921. The summed E-state index contributed by atoms with van der Waals surface area (Å²) in [5, 5.41) is 9.20. The molecule has 1 fully saturated rings. The number of benzene rings is 1. The summed E-state index contributed by atoms with van der Waals surface area (Å²) >= 11 is 0. The van der Waals surface area contributed by atoms with Crippen LogP contribution < -0.4 is 0 Å². The highest BCUT2D eigenvalue weighted by molar-refractivity contribution is 5.89. The summed E-state index contributed by atoms with van der Waals surface area (Å²) in [6.07, 6.45) is 1.03. The molecule has 110 valence electrons. The fourth-order valence-corrected chi connectivity index (χ4v) is 2.60. The maximum Gasteiger partial charge on any atom is 0.336 e. The van der Waals surface area contributed by atoms with Crippen LogP contribution >= 0.6 is 0 Å². The highest BCUT2D eigenvalue weighted by Crippen LogP contribution is 2.20. The van der Waals surface area contributed by atoms with Crippen LogP contribution in [0.5, 0.6) is 0 Å². The molecule has 1 aliphatic rings. The molecule has 1 saturated heterocycles. The van der Waals surface area contributed by atoms with Crippen molar-refractivity contribution in [1.29, 1.82) is 0 Å². The van der Waals surface area contributed by atoms with Gasteiger partial charge in [0.25, 0.3) is 0 Å². The highest BCUT2D eigenvalue weighted by Gasteiger charge is 2.26. The maximum atomic E-state index is 13.4. The first kappa shape index (κ1) is 14.9. The second-order valence-corrected chi connectivity index (χ2v) is 5.24. The number of ether oxygens (including phenoxy) is 1. The first-order chi connectivity index (χ1) is 9.51. The standard InChI is InChI=1S/C15H20FNO3/c1-3-13-9-20-10(2)7-17(13)8-11-6-12(16)4-5-14(11)15(18)19/h4-6,10,13H,3,7-9H2,1-2H3,(H,18,19). The molecule has 4 nitrogen and oxygen atoms in total. The van der Waals surface area contributed by atoms with Gasteiger partial charge in [-0.15, -0.1) is 0 Å². The molecule has 2 atom stereocenters. The van der Waals surface area contributed by atoms with Crippen molar-refractivity contribution in [3.05, 3.63) is 35.1 Å². The van der Waals surface area contributed by atoms with Crippen LogP contribution in [0.4, 0.5) is 4.39 Å². The van der Waals surface area contributed by atoms with Crippen LogP contribution in [-0.2, 0) is 11.3 Å². The molecule has 0 aromatic heterocycles. The summed E-state index contributed by atoms with van der Waals surface area (Å²) in [6.45, 7) is 5.86. The molecule has 0 radical (unpaired) electrons.